The third-order valence-corrected chi connectivity index (χ3v) is 3.15. The Morgan fingerprint density at radius 1 is 1.18 bits per heavy atom. The molecule has 2 N–H and O–H groups in total. The van der Waals surface area contributed by atoms with Crippen LogP contribution in [0.15, 0.2) is 24.3 Å². The first kappa shape index (κ1) is 14.1. The average molecular weight is 241 g/mol. The van der Waals surface area contributed by atoms with Gasteiger partial charge in [0.25, 0.3) is 5.92 Å². The summed E-state index contributed by atoms with van der Waals surface area (Å²) in [7, 11) is 0. The van der Waals surface area contributed by atoms with Crippen molar-refractivity contribution in [2.45, 2.75) is 45.0 Å². The molecule has 0 saturated heterocycles. The molecule has 1 nitrogen and oxygen atoms in total. The Morgan fingerprint density at radius 3 is 2.18 bits per heavy atom. The molecular weight excluding hydrogens is 220 g/mol. The number of hydrogen-bond donors (Lipinski definition) is 1. The lowest BCUT2D eigenvalue weighted by Crippen LogP contribution is -2.14. The predicted octanol–water partition coefficient (Wildman–Crippen LogP) is 4.03. The molecular formula is C14H21F2N. The molecule has 0 fully saturated rings. The molecule has 3 heteroatoms. The Labute approximate surface area is 102 Å². The van der Waals surface area contributed by atoms with Gasteiger partial charge in [-0.3, -0.25) is 0 Å². The molecule has 0 saturated carbocycles. The molecule has 1 unspecified atom stereocenters. The largest absolute Gasteiger partial charge is 0.330 e. The lowest BCUT2D eigenvalue weighted by Gasteiger charge is -2.18. The number of nitrogens with two attached hydrogens (primary N) is 1. The normalized spacial score (nSPS) is 13.7. The highest BCUT2D eigenvalue weighted by Crippen LogP contribution is 2.33. The van der Waals surface area contributed by atoms with Gasteiger partial charge in [-0.25, -0.2) is 8.78 Å². The Bertz CT molecular complexity index is 329. The number of hydrogen-bond acceptors (Lipinski definition) is 1. The van der Waals surface area contributed by atoms with Crippen LogP contribution in [0, 0.1) is 0 Å². The Morgan fingerprint density at radius 2 is 1.76 bits per heavy atom. The van der Waals surface area contributed by atoms with Gasteiger partial charge >= 0.3 is 0 Å². The predicted molar refractivity (Wildman–Crippen MR) is 67.3 cm³/mol. The number of benzene rings is 1. The minimum absolute atomic E-state index is 0.0968. The third-order valence-electron chi connectivity index (χ3n) is 3.15. The van der Waals surface area contributed by atoms with Crippen LogP contribution in [0.3, 0.4) is 0 Å². The van der Waals surface area contributed by atoms with E-state index < -0.39 is 5.92 Å². The van der Waals surface area contributed by atoms with Gasteiger partial charge in [0.05, 0.1) is 0 Å². The minimum atomic E-state index is -2.71. The van der Waals surface area contributed by atoms with Gasteiger partial charge in [-0.1, -0.05) is 44.5 Å². The molecule has 96 valence electrons. The first-order chi connectivity index (χ1) is 8.05. The van der Waals surface area contributed by atoms with Crippen LogP contribution in [-0.4, -0.2) is 6.54 Å². The summed E-state index contributed by atoms with van der Waals surface area (Å²) in [5, 5.41) is 0. The van der Waals surface area contributed by atoms with E-state index in [0.29, 0.717) is 13.0 Å². The van der Waals surface area contributed by atoms with E-state index in [4.69, 9.17) is 5.73 Å². The van der Waals surface area contributed by atoms with Crippen molar-refractivity contribution in [1.82, 2.24) is 0 Å². The van der Waals surface area contributed by atoms with Gasteiger partial charge in [-0.2, -0.15) is 0 Å². The summed E-state index contributed by atoms with van der Waals surface area (Å²) in [5.74, 6) is -2.44. The molecule has 17 heavy (non-hydrogen) atoms. The van der Waals surface area contributed by atoms with Gasteiger partial charge < -0.3 is 5.73 Å². The zero-order chi connectivity index (χ0) is 12.9. The lowest BCUT2D eigenvalue weighted by molar-refractivity contribution is -0.0140. The smallest absolute Gasteiger partial charge is 0.273 e. The molecule has 1 atom stereocenters. The summed E-state index contributed by atoms with van der Waals surface area (Å²) >= 11 is 0. The summed E-state index contributed by atoms with van der Waals surface area (Å²) < 4.78 is 27.3. The van der Waals surface area contributed by atoms with Crippen molar-refractivity contribution in [2.75, 3.05) is 6.54 Å². The number of rotatable bonds is 6. The average Bonchev–Trinajstić information content (AvgIpc) is 2.31. The van der Waals surface area contributed by atoms with Gasteiger partial charge in [-0.05, 0) is 24.4 Å². The fourth-order valence-corrected chi connectivity index (χ4v) is 2.00. The molecule has 0 bridgehead atoms. The monoisotopic (exact) mass is 241 g/mol. The van der Waals surface area contributed by atoms with E-state index in [2.05, 4.69) is 6.92 Å². The first-order valence-corrected chi connectivity index (χ1v) is 6.23. The van der Waals surface area contributed by atoms with Crippen LogP contribution >= 0.6 is 0 Å². The Kier molecular flexibility index (Phi) is 5.06. The van der Waals surface area contributed by atoms with Crippen molar-refractivity contribution in [2.24, 2.45) is 5.73 Å². The van der Waals surface area contributed by atoms with E-state index in [1.807, 2.05) is 0 Å². The molecule has 0 aliphatic heterocycles. The quantitative estimate of drug-likeness (QED) is 0.799. The summed E-state index contributed by atoms with van der Waals surface area (Å²) in [6.07, 6.45) is 1.32. The third kappa shape index (κ3) is 3.50. The summed E-state index contributed by atoms with van der Waals surface area (Å²) in [6.45, 7) is 4.38. The number of alkyl halides is 2. The van der Waals surface area contributed by atoms with Crippen LogP contribution in [0.1, 0.15) is 50.2 Å². The van der Waals surface area contributed by atoms with Crippen LogP contribution in [0.5, 0.6) is 0 Å². The summed E-state index contributed by atoms with van der Waals surface area (Å²) in [4.78, 5) is 0. The number of halogens is 2. The second-order valence-corrected chi connectivity index (χ2v) is 4.42. The zero-order valence-corrected chi connectivity index (χ0v) is 10.5. The van der Waals surface area contributed by atoms with Gasteiger partial charge in [-0.15, -0.1) is 0 Å². The van der Waals surface area contributed by atoms with Gasteiger partial charge in [0.2, 0.25) is 0 Å². The van der Waals surface area contributed by atoms with Crippen molar-refractivity contribution in [3.8, 4) is 0 Å². The van der Waals surface area contributed by atoms with E-state index in [1.165, 1.54) is 12.1 Å². The molecule has 0 spiro atoms. The topological polar surface area (TPSA) is 26.0 Å². The Hall–Kier alpha value is -0.960. The van der Waals surface area contributed by atoms with Gasteiger partial charge in [0, 0.05) is 12.0 Å². The standard InChI is InChI=1S/C14H21F2N/c1-3-9-14(15,16)13-7-5-12(6-8-13)11(4-2)10-17/h5-8,11H,3-4,9-10,17H2,1-2H3. The van der Waals surface area contributed by atoms with Crippen molar-refractivity contribution in [3.63, 3.8) is 0 Å². The molecule has 0 aliphatic carbocycles. The van der Waals surface area contributed by atoms with Crippen LogP contribution in [0.4, 0.5) is 8.78 Å². The molecule has 1 aromatic carbocycles. The van der Waals surface area contributed by atoms with Crippen molar-refractivity contribution >= 4 is 0 Å². The van der Waals surface area contributed by atoms with Crippen molar-refractivity contribution < 1.29 is 8.78 Å². The molecule has 0 amide bonds. The summed E-state index contributed by atoms with van der Waals surface area (Å²) in [5.41, 5.74) is 6.79. The van der Waals surface area contributed by atoms with E-state index in [-0.39, 0.29) is 17.9 Å². The highest BCUT2D eigenvalue weighted by molar-refractivity contribution is 5.28. The SMILES string of the molecule is CCCC(F)(F)c1ccc(C(CC)CN)cc1. The fourth-order valence-electron chi connectivity index (χ4n) is 2.00. The first-order valence-electron chi connectivity index (χ1n) is 6.23. The Balaban J connectivity index is 2.87. The summed E-state index contributed by atoms with van der Waals surface area (Å²) in [6, 6.07) is 6.62. The van der Waals surface area contributed by atoms with E-state index >= 15 is 0 Å². The van der Waals surface area contributed by atoms with Crippen LogP contribution < -0.4 is 5.73 Å². The highest BCUT2D eigenvalue weighted by atomic mass is 19.3. The van der Waals surface area contributed by atoms with Crippen LogP contribution in [0.25, 0.3) is 0 Å². The van der Waals surface area contributed by atoms with Crippen molar-refractivity contribution in [1.29, 1.82) is 0 Å². The molecule has 1 rings (SSSR count). The molecule has 1 aromatic rings. The second kappa shape index (κ2) is 6.10. The highest BCUT2D eigenvalue weighted by Gasteiger charge is 2.29. The van der Waals surface area contributed by atoms with Crippen LogP contribution in [0.2, 0.25) is 0 Å². The molecule has 0 aromatic heterocycles. The fraction of sp³-hybridized carbons (Fsp3) is 0.571. The minimum Gasteiger partial charge on any atom is -0.330 e. The van der Waals surface area contributed by atoms with Crippen LogP contribution in [-0.2, 0) is 5.92 Å². The maximum Gasteiger partial charge on any atom is 0.273 e. The van der Waals surface area contributed by atoms with Gasteiger partial charge in [0.1, 0.15) is 0 Å². The van der Waals surface area contributed by atoms with Crippen molar-refractivity contribution in [3.05, 3.63) is 35.4 Å². The van der Waals surface area contributed by atoms with E-state index in [9.17, 15) is 8.78 Å². The lowest BCUT2D eigenvalue weighted by atomic mass is 9.94. The van der Waals surface area contributed by atoms with E-state index in [0.717, 1.165) is 12.0 Å². The van der Waals surface area contributed by atoms with E-state index in [1.54, 1.807) is 19.1 Å². The molecule has 0 radical (unpaired) electrons. The molecule has 0 heterocycles. The van der Waals surface area contributed by atoms with Gasteiger partial charge in [0.15, 0.2) is 0 Å². The molecule has 0 aliphatic rings. The maximum atomic E-state index is 13.6. The zero-order valence-electron chi connectivity index (χ0n) is 10.5. The maximum absolute atomic E-state index is 13.6. The second-order valence-electron chi connectivity index (χ2n) is 4.42.